The van der Waals surface area contributed by atoms with E-state index in [0.29, 0.717) is 12.1 Å². The van der Waals surface area contributed by atoms with Gasteiger partial charge in [-0.2, -0.15) is 0 Å². The predicted molar refractivity (Wildman–Crippen MR) is 63.3 cm³/mol. The van der Waals surface area contributed by atoms with Crippen molar-refractivity contribution >= 4 is 21.4 Å². The van der Waals surface area contributed by atoms with Crippen LogP contribution in [0.4, 0.5) is 15.8 Å². The molecule has 0 spiro atoms. The maximum absolute atomic E-state index is 12.9. The van der Waals surface area contributed by atoms with Crippen LogP contribution in [-0.2, 0) is 10.0 Å². The molecular weight excluding hydrogens is 231 g/mol. The standard InChI is InChI=1S/C10H15FN2O2S/c1-3-6-16(14,15)13(2)8-4-5-9(11)10(12)7-8/h4-5,7H,3,6,12H2,1-2H3. The molecule has 0 saturated heterocycles. The van der Waals surface area contributed by atoms with Gasteiger partial charge in [0, 0.05) is 7.05 Å². The molecule has 4 nitrogen and oxygen atoms in total. The molecule has 1 rings (SSSR count). The van der Waals surface area contributed by atoms with Crippen molar-refractivity contribution in [3.8, 4) is 0 Å². The average Bonchev–Trinajstić information content (AvgIpc) is 2.21. The van der Waals surface area contributed by atoms with Gasteiger partial charge in [0.15, 0.2) is 0 Å². The molecule has 0 aliphatic rings. The summed E-state index contributed by atoms with van der Waals surface area (Å²) >= 11 is 0. The second-order valence-corrected chi connectivity index (χ2v) is 5.61. The van der Waals surface area contributed by atoms with E-state index >= 15 is 0 Å². The van der Waals surface area contributed by atoms with Crippen molar-refractivity contribution in [2.45, 2.75) is 13.3 Å². The molecule has 90 valence electrons. The molecule has 1 aromatic carbocycles. The third-order valence-corrected chi connectivity index (χ3v) is 4.19. The lowest BCUT2D eigenvalue weighted by molar-refractivity contribution is 0.593. The Kier molecular flexibility index (Phi) is 3.74. The van der Waals surface area contributed by atoms with E-state index in [1.54, 1.807) is 6.92 Å². The maximum atomic E-state index is 12.9. The van der Waals surface area contributed by atoms with Gasteiger partial charge in [-0.3, -0.25) is 4.31 Å². The third kappa shape index (κ3) is 2.63. The Labute approximate surface area is 94.9 Å². The Morgan fingerprint density at radius 2 is 2.06 bits per heavy atom. The zero-order chi connectivity index (χ0) is 12.3. The van der Waals surface area contributed by atoms with Crippen molar-refractivity contribution in [2.75, 3.05) is 22.8 Å². The molecule has 0 amide bonds. The van der Waals surface area contributed by atoms with E-state index in [2.05, 4.69) is 0 Å². The van der Waals surface area contributed by atoms with Crippen LogP contribution in [0.25, 0.3) is 0 Å². The Balaban J connectivity index is 3.05. The number of sulfonamides is 1. The quantitative estimate of drug-likeness (QED) is 0.820. The molecular formula is C10H15FN2O2S. The fraction of sp³-hybridized carbons (Fsp3) is 0.400. The maximum Gasteiger partial charge on any atom is 0.234 e. The summed E-state index contributed by atoms with van der Waals surface area (Å²) in [4.78, 5) is 0. The van der Waals surface area contributed by atoms with E-state index in [9.17, 15) is 12.8 Å². The van der Waals surface area contributed by atoms with Crippen LogP contribution < -0.4 is 10.0 Å². The van der Waals surface area contributed by atoms with E-state index in [4.69, 9.17) is 5.73 Å². The molecule has 0 radical (unpaired) electrons. The Hall–Kier alpha value is -1.30. The first kappa shape index (κ1) is 12.8. The summed E-state index contributed by atoms with van der Waals surface area (Å²) in [7, 11) is -1.91. The number of benzene rings is 1. The Morgan fingerprint density at radius 3 is 2.56 bits per heavy atom. The fourth-order valence-electron chi connectivity index (χ4n) is 1.28. The topological polar surface area (TPSA) is 63.4 Å². The van der Waals surface area contributed by atoms with Crippen LogP contribution in [0.3, 0.4) is 0 Å². The molecule has 0 fully saturated rings. The molecule has 0 heterocycles. The molecule has 0 atom stereocenters. The molecule has 0 aliphatic heterocycles. The van der Waals surface area contributed by atoms with Gasteiger partial charge < -0.3 is 5.73 Å². The third-order valence-electron chi connectivity index (χ3n) is 2.22. The first-order chi connectivity index (χ1) is 7.38. The molecule has 0 aliphatic carbocycles. The highest BCUT2D eigenvalue weighted by atomic mass is 32.2. The monoisotopic (exact) mass is 246 g/mol. The van der Waals surface area contributed by atoms with Gasteiger partial charge in [-0.1, -0.05) is 6.92 Å². The number of halogens is 1. The number of anilines is 2. The number of nitrogen functional groups attached to an aromatic ring is 1. The summed E-state index contributed by atoms with van der Waals surface area (Å²) in [5.41, 5.74) is 5.69. The van der Waals surface area contributed by atoms with Gasteiger partial charge in [-0.15, -0.1) is 0 Å². The summed E-state index contributed by atoms with van der Waals surface area (Å²) in [6, 6.07) is 3.85. The summed E-state index contributed by atoms with van der Waals surface area (Å²) in [6.45, 7) is 1.78. The largest absolute Gasteiger partial charge is 0.396 e. The Bertz CT molecular complexity index is 474. The number of hydrogen-bond donors (Lipinski definition) is 1. The lowest BCUT2D eigenvalue weighted by Gasteiger charge is -2.19. The molecule has 0 bridgehead atoms. The minimum absolute atomic E-state index is 0.0563. The normalized spacial score (nSPS) is 11.4. The van der Waals surface area contributed by atoms with Gasteiger partial charge >= 0.3 is 0 Å². The van der Waals surface area contributed by atoms with Gasteiger partial charge in [0.25, 0.3) is 0 Å². The lowest BCUT2D eigenvalue weighted by Crippen LogP contribution is -2.28. The van der Waals surface area contributed by atoms with Gasteiger partial charge in [-0.05, 0) is 24.6 Å². The van der Waals surface area contributed by atoms with Crippen molar-refractivity contribution < 1.29 is 12.8 Å². The zero-order valence-electron chi connectivity index (χ0n) is 9.27. The number of nitrogens with two attached hydrogens (primary N) is 1. The molecule has 1 aromatic rings. The lowest BCUT2D eigenvalue weighted by atomic mass is 10.3. The van der Waals surface area contributed by atoms with Crippen LogP contribution in [0.1, 0.15) is 13.3 Å². The van der Waals surface area contributed by atoms with E-state index in [-0.39, 0.29) is 11.4 Å². The minimum Gasteiger partial charge on any atom is -0.396 e. The van der Waals surface area contributed by atoms with Crippen molar-refractivity contribution in [3.05, 3.63) is 24.0 Å². The summed E-state index contributed by atoms with van der Waals surface area (Å²) in [6.07, 6.45) is 0.531. The first-order valence-corrected chi connectivity index (χ1v) is 6.51. The van der Waals surface area contributed by atoms with Crippen molar-refractivity contribution in [2.24, 2.45) is 0 Å². The highest BCUT2D eigenvalue weighted by Gasteiger charge is 2.17. The van der Waals surface area contributed by atoms with Gasteiger partial charge in [0.2, 0.25) is 10.0 Å². The average molecular weight is 246 g/mol. The van der Waals surface area contributed by atoms with Crippen LogP contribution in [0.5, 0.6) is 0 Å². The predicted octanol–water partition coefficient (Wildman–Crippen LogP) is 1.58. The Morgan fingerprint density at radius 1 is 1.44 bits per heavy atom. The first-order valence-electron chi connectivity index (χ1n) is 4.90. The second kappa shape index (κ2) is 4.69. The SMILES string of the molecule is CCCS(=O)(=O)N(C)c1ccc(F)c(N)c1. The van der Waals surface area contributed by atoms with Crippen molar-refractivity contribution in [1.82, 2.24) is 0 Å². The van der Waals surface area contributed by atoms with Crippen molar-refractivity contribution in [3.63, 3.8) is 0 Å². The van der Waals surface area contributed by atoms with E-state index in [1.165, 1.54) is 19.2 Å². The smallest absolute Gasteiger partial charge is 0.234 e. The molecule has 2 N–H and O–H groups in total. The van der Waals surface area contributed by atoms with Gasteiger partial charge in [0.05, 0.1) is 17.1 Å². The van der Waals surface area contributed by atoms with E-state index < -0.39 is 15.8 Å². The molecule has 0 saturated carbocycles. The summed E-state index contributed by atoms with van der Waals surface area (Å²) < 4.78 is 37.5. The number of rotatable bonds is 4. The highest BCUT2D eigenvalue weighted by Crippen LogP contribution is 2.21. The molecule has 6 heteroatoms. The number of hydrogen-bond acceptors (Lipinski definition) is 3. The van der Waals surface area contributed by atoms with Gasteiger partial charge in [-0.25, -0.2) is 12.8 Å². The molecule has 0 aromatic heterocycles. The van der Waals surface area contributed by atoms with E-state index in [0.717, 1.165) is 10.4 Å². The summed E-state index contributed by atoms with van der Waals surface area (Å²) in [5.74, 6) is -0.495. The van der Waals surface area contributed by atoms with Crippen molar-refractivity contribution in [1.29, 1.82) is 0 Å². The summed E-state index contributed by atoms with van der Waals surface area (Å²) in [5, 5.41) is 0. The second-order valence-electron chi connectivity index (χ2n) is 3.49. The molecule has 16 heavy (non-hydrogen) atoms. The highest BCUT2D eigenvalue weighted by molar-refractivity contribution is 7.92. The van der Waals surface area contributed by atoms with E-state index in [1.807, 2.05) is 0 Å². The fourth-order valence-corrected chi connectivity index (χ4v) is 2.51. The van der Waals surface area contributed by atoms with Crippen LogP contribution in [0, 0.1) is 5.82 Å². The van der Waals surface area contributed by atoms with Crippen LogP contribution in [-0.4, -0.2) is 21.2 Å². The minimum atomic E-state index is -3.34. The van der Waals surface area contributed by atoms with Crippen LogP contribution in [0.15, 0.2) is 18.2 Å². The van der Waals surface area contributed by atoms with Crippen LogP contribution in [0.2, 0.25) is 0 Å². The zero-order valence-corrected chi connectivity index (χ0v) is 10.1. The molecule has 0 unspecified atom stereocenters. The number of nitrogens with zero attached hydrogens (tertiary/aromatic N) is 1. The van der Waals surface area contributed by atoms with Crippen LogP contribution >= 0.6 is 0 Å². The van der Waals surface area contributed by atoms with Gasteiger partial charge in [0.1, 0.15) is 5.82 Å².